The predicted octanol–water partition coefficient (Wildman–Crippen LogP) is 5.23. The van der Waals surface area contributed by atoms with Gasteiger partial charge in [0.15, 0.2) is 0 Å². The van der Waals surface area contributed by atoms with Gasteiger partial charge in [-0.1, -0.05) is 23.8 Å². The van der Waals surface area contributed by atoms with Gasteiger partial charge < -0.3 is 18.2 Å². The maximum absolute atomic E-state index is 13.3. The smallest absolute Gasteiger partial charge is 0.337 e. The molecule has 0 aliphatic carbocycles. The van der Waals surface area contributed by atoms with Gasteiger partial charge in [0.05, 0.1) is 19.0 Å². The molecule has 0 aliphatic heterocycles. The average molecular weight is 604 g/mol. The molecule has 0 fully saturated rings. The molecule has 0 saturated carbocycles. The Labute approximate surface area is 255 Å². The van der Waals surface area contributed by atoms with Crippen LogP contribution in [0.2, 0.25) is 0 Å². The molecule has 3 atom stereocenters. The molecule has 0 saturated heterocycles. The van der Waals surface area contributed by atoms with Crippen LogP contribution in [0, 0.1) is 27.7 Å². The van der Waals surface area contributed by atoms with Crippen molar-refractivity contribution in [1.29, 1.82) is 0 Å². The second-order valence-corrected chi connectivity index (χ2v) is 11.5. The van der Waals surface area contributed by atoms with Crippen LogP contribution in [0.5, 0.6) is 5.75 Å². The normalized spacial score (nSPS) is 13.2. The lowest BCUT2D eigenvalue weighted by Crippen LogP contribution is -2.40. The topological polar surface area (TPSA) is 109 Å². The van der Waals surface area contributed by atoms with E-state index >= 15 is 0 Å². The van der Waals surface area contributed by atoms with Crippen molar-refractivity contribution in [2.45, 2.75) is 59.6 Å². The molecule has 1 heterocycles. The van der Waals surface area contributed by atoms with Crippen molar-refractivity contribution in [2.75, 3.05) is 7.11 Å². The number of imidazole rings is 1. The fraction of sp³-hybridized carbons (Fsp3) is 0.303. The first-order valence-electron chi connectivity index (χ1n) is 13.9. The van der Waals surface area contributed by atoms with E-state index in [9.17, 15) is 13.8 Å². The summed E-state index contributed by atoms with van der Waals surface area (Å²) in [5.41, 5.74) is 7.28. The first kappa shape index (κ1) is 31.7. The number of methoxy groups -OCH3 is 1. The van der Waals surface area contributed by atoms with Crippen molar-refractivity contribution in [1.82, 2.24) is 14.3 Å². The molecule has 0 spiro atoms. The Kier molecular flexibility index (Phi) is 10.5. The minimum absolute atomic E-state index is 0.409. The number of hydrogen-bond acceptors (Lipinski definition) is 7. The van der Waals surface area contributed by atoms with Crippen LogP contribution in [-0.4, -0.2) is 45.0 Å². The van der Waals surface area contributed by atoms with Crippen LogP contribution in [0.1, 0.15) is 50.7 Å². The average Bonchev–Trinajstić information content (AvgIpc) is 3.51. The van der Waals surface area contributed by atoms with E-state index in [1.54, 1.807) is 43.7 Å². The number of nitrogens with one attached hydrogen (secondary N) is 1. The van der Waals surface area contributed by atoms with Crippen molar-refractivity contribution in [3.8, 4) is 11.4 Å². The molecule has 226 valence electrons. The zero-order valence-corrected chi connectivity index (χ0v) is 26.1. The Hall–Kier alpha value is -4.28. The lowest BCUT2D eigenvalue weighted by atomic mass is 9.91. The standard InChI is InChI=1S/C33H37N3O6S/c1-21-7-11-29(12-8-21)42-43(39)35-25(5)32(37)41-30(19-31-23(3)15-27(16-24(31)4)33(38)40-6)18-26-17-28(10-9-22(26)2)36-14-13-34-20-36/h7-17,20,25,30,35H,18-19H2,1-6H3. The third kappa shape index (κ3) is 8.39. The van der Waals surface area contributed by atoms with E-state index in [1.807, 2.05) is 62.7 Å². The molecular formula is C33H37N3O6S. The molecule has 0 radical (unpaired) electrons. The maximum Gasteiger partial charge on any atom is 0.337 e. The van der Waals surface area contributed by atoms with Crippen LogP contribution in [0.25, 0.3) is 5.69 Å². The summed E-state index contributed by atoms with van der Waals surface area (Å²) in [6.07, 6.45) is 5.61. The SMILES string of the molecule is COC(=O)c1cc(C)c(CC(Cc2cc(-n3ccnc3)ccc2C)OC(=O)C(C)NS(=O)Oc2ccc(C)cc2)c(C)c1. The van der Waals surface area contributed by atoms with E-state index in [0.717, 1.165) is 39.1 Å². The second kappa shape index (κ2) is 14.3. The van der Waals surface area contributed by atoms with Gasteiger partial charge in [0, 0.05) is 30.9 Å². The van der Waals surface area contributed by atoms with Crippen LogP contribution in [0.3, 0.4) is 0 Å². The van der Waals surface area contributed by atoms with Crippen LogP contribution >= 0.6 is 0 Å². The van der Waals surface area contributed by atoms with Gasteiger partial charge in [-0.05, 0) is 98.8 Å². The lowest BCUT2D eigenvalue weighted by Gasteiger charge is -2.24. The van der Waals surface area contributed by atoms with Gasteiger partial charge in [-0.2, -0.15) is 8.93 Å². The van der Waals surface area contributed by atoms with E-state index in [2.05, 4.69) is 15.8 Å². The summed E-state index contributed by atoms with van der Waals surface area (Å²) in [7, 11) is 1.35. The minimum atomic E-state index is -1.96. The Morgan fingerprint density at radius 2 is 1.65 bits per heavy atom. The summed E-state index contributed by atoms with van der Waals surface area (Å²) in [4.78, 5) is 29.6. The summed E-state index contributed by atoms with van der Waals surface area (Å²) in [5.74, 6) is -0.548. The van der Waals surface area contributed by atoms with Gasteiger partial charge in [-0.15, -0.1) is 0 Å². The van der Waals surface area contributed by atoms with E-state index < -0.39 is 35.4 Å². The first-order chi connectivity index (χ1) is 20.5. The number of esters is 2. The highest BCUT2D eigenvalue weighted by molar-refractivity contribution is 7.78. The fourth-order valence-electron chi connectivity index (χ4n) is 4.79. The molecule has 0 amide bonds. The van der Waals surface area contributed by atoms with Crippen LogP contribution in [0.4, 0.5) is 0 Å². The molecule has 10 heteroatoms. The number of carbonyl (C=O) groups excluding carboxylic acids is 2. The summed E-state index contributed by atoms with van der Waals surface area (Å²) in [5, 5.41) is 0. The van der Waals surface area contributed by atoms with Crippen molar-refractivity contribution in [2.24, 2.45) is 0 Å². The minimum Gasteiger partial charge on any atom is -0.465 e. The van der Waals surface area contributed by atoms with E-state index in [4.69, 9.17) is 13.7 Å². The highest BCUT2D eigenvalue weighted by Crippen LogP contribution is 2.24. The third-order valence-electron chi connectivity index (χ3n) is 7.23. The number of nitrogens with zero attached hydrogens (tertiary/aromatic N) is 2. The Balaban J connectivity index is 1.56. The largest absolute Gasteiger partial charge is 0.465 e. The highest BCUT2D eigenvalue weighted by atomic mass is 32.2. The van der Waals surface area contributed by atoms with Gasteiger partial charge >= 0.3 is 11.9 Å². The van der Waals surface area contributed by atoms with Gasteiger partial charge in [0.25, 0.3) is 11.3 Å². The maximum atomic E-state index is 13.3. The van der Waals surface area contributed by atoms with E-state index in [-0.39, 0.29) is 0 Å². The van der Waals surface area contributed by atoms with Crippen molar-refractivity contribution < 1.29 is 27.5 Å². The second-order valence-electron chi connectivity index (χ2n) is 10.6. The van der Waals surface area contributed by atoms with Crippen LogP contribution in [0.15, 0.2) is 73.3 Å². The van der Waals surface area contributed by atoms with E-state index in [0.29, 0.717) is 24.2 Å². The molecular weight excluding hydrogens is 566 g/mol. The van der Waals surface area contributed by atoms with Crippen molar-refractivity contribution in [3.63, 3.8) is 0 Å². The molecule has 1 aromatic heterocycles. The zero-order valence-electron chi connectivity index (χ0n) is 25.2. The zero-order chi connectivity index (χ0) is 31.1. The Morgan fingerprint density at radius 3 is 2.28 bits per heavy atom. The summed E-state index contributed by atoms with van der Waals surface area (Å²) in [6, 6.07) is 15.9. The number of rotatable bonds is 12. The summed E-state index contributed by atoms with van der Waals surface area (Å²) < 4.78 is 33.6. The molecule has 9 nitrogen and oxygen atoms in total. The van der Waals surface area contributed by atoms with Gasteiger partial charge in [0.2, 0.25) is 0 Å². The predicted molar refractivity (Wildman–Crippen MR) is 165 cm³/mol. The van der Waals surface area contributed by atoms with Crippen LogP contribution < -0.4 is 8.91 Å². The number of ether oxygens (including phenoxy) is 2. The third-order valence-corrected chi connectivity index (χ3v) is 8.12. The van der Waals surface area contributed by atoms with Gasteiger partial charge in [-0.25, -0.2) is 9.78 Å². The molecule has 43 heavy (non-hydrogen) atoms. The molecule has 4 rings (SSSR count). The van der Waals surface area contributed by atoms with Crippen molar-refractivity contribution in [3.05, 3.63) is 112 Å². The number of hydrogen-bond donors (Lipinski definition) is 1. The Morgan fingerprint density at radius 1 is 0.953 bits per heavy atom. The van der Waals surface area contributed by atoms with Crippen LogP contribution in [-0.2, 0) is 38.4 Å². The number of carbonyl (C=O) groups is 2. The number of aryl methyl sites for hydroxylation is 4. The van der Waals surface area contributed by atoms with E-state index in [1.165, 1.54) is 7.11 Å². The van der Waals surface area contributed by atoms with Crippen molar-refractivity contribution >= 4 is 23.2 Å². The van der Waals surface area contributed by atoms with Gasteiger partial charge in [0.1, 0.15) is 17.9 Å². The summed E-state index contributed by atoms with van der Waals surface area (Å²) >= 11 is -1.96. The molecule has 3 unspecified atom stereocenters. The monoisotopic (exact) mass is 603 g/mol. The highest BCUT2D eigenvalue weighted by Gasteiger charge is 2.25. The molecule has 0 bridgehead atoms. The first-order valence-corrected chi connectivity index (χ1v) is 15.0. The lowest BCUT2D eigenvalue weighted by molar-refractivity contribution is -0.150. The number of benzene rings is 3. The Bertz CT molecular complexity index is 1580. The quantitative estimate of drug-likeness (QED) is 0.221. The molecule has 3 aromatic carbocycles. The molecule has 1 N–H and O–H groups in total. The number of aromatic nitrogens is 2. The fourth-order valence-corrected chi connectivity index (χ4v) is 5.51. The van der Waals surface area contributed by atoms with Gasteiger partial charge in [-0.3, -0.25) is 4.79 Å². The summed E-state index contributed by atoms with van der Waals surface area (Å²) in [6.45, 7) is 9.40. The molecule has 0 aliphatic rings. The molecule has 4 aromatic rings.